The number of aryl methyl sites for hydroxylation is 3. The molecule has 1 saturated heterocycles. The smallest absolute Gasteiger partial charge is 0.311 e. The van der Waals surface area contributed by atoms with Gasteiger partial charge >= 0.3 is 5.97 Å². The summed E-state index contributed by atoms with van der Waals surface area (Å²) in [5.41, 5.74) is 4.69. The Morgan fingerprint density at radius 1 is 1.03 bits per heavy atom. The summed E-state index contributed by atoms with van der Waals surface area (Å²) in [6.45, 7) is 6.04. The lowest BCUT2D eigenvalue weighted by Crippen LogP contribution is -2.29. The molecular weight excluding hydrogens is 366 g/mol. The van der Waals surface area contributed by atoms with Crippen LogP contribution in [-0.2, 0) is 27.2 Å². The zero-order valence-corrected chi connectivity index (χ0v) is 17.2. The van der Waals surface area contributed by atoms with Crippen molar-refractivity contribution in [3.63, 3.8) is 0 Å². The van der Waals surface area contributed by atoms with Gasteiger partial charge < -0.3 is 9.64 Å². The van der Waals surface area contributed by atoms with Crippen molar-refractivity contribution in [2.75, 3.05) is 18.1 Å². The van der Waals surface area contributed by atoms with Crippen LogP contribution in [0.5, 0.6) is 0 Å². The Morgan fingerprint density at radius 3 is 2.24 bits per heavy atom. The molecule has 152 valence electrons. The third-order valence-electron chi connectivity index (χ3n) is 5.41. The Bertz CT molecular complexity index is 895. The molecule has 0 bridgehead atoms. The minimum Gasteiger partial charge on any atom is -0.457 e. The maximum Gasteiger partial charge on any atom is 0.311 e. The first-order valence-corrected chi connectivity index (χ1v) is 10.1. The van der Waals surface area contributed by atoms with Gasteiger partial charge in [0, 0.05) is 24.2 Å². The summed E-state index contributed by atoms with van der Waals surface area (Å²) in [5.74, 6) is -1.37. The number of ketones is 1. The molecule has 0 radical (unpaired) electrons. The minimum atomic E-state index is -0.553. The fourth-order valence-corrected chi connectivity index (χ4v) is 3.72. The van der Waals surface area contributed by atoms with E-state index in [0.717, 1.165) is 35.2 Å². The van der Waals surface area contributed by atoms with Crippen molar-refractivity contribution < 1.29 is 19.1 Å². The minimum absolute atomic E-state index is 0.0765. The van der Waals surface area contributed by atoms with Gasteiger partial charge in [-0.3, -0.25) is 14.4 Å². The van der Waals surface area contributed by atoms with E-state index in [1.54, 1.807) is 17.0 Å². The lowest BCUT2D eigenvalue weighted by atomic mass is 10.0. The molecule has 0 aliphatic carbocycles. The van der Waals surface area contributed by atoms with Gasteiger partial charge in [0.05, 0.1) is 5.92 Å². The fraction of sp³-hybridized carbons (Fsp3) is 0.375. The van der Waals surface area contributed by atoms with Crippen LogP contribution in [0.3, 0.4) is 0 Å². The van der Waals surface area contributed by atoms with Crippen molar-refractivity contribution >= 4 is 23.3 Å². The van der Waals surface area contributed by atoms with Crippen LogP contribution < -0.4 is 4.90 Å². The molecule has 1 atom stereocenters. The first-order valence-electron chi connectivity index (χ1n) is 10.1. The molecule has 0 saturated carbocycles. The Morgan fingerprint density at radius 2 is 1.66 bits per heavy atom. The number of nitrogens with zero attached hydrogens (tertiary/aromatic N) is 1. The number of benzene rings is 2. The number of hydrogen-bond acceptors (Lipinski definition) is 4. The van der Waals surface area contributed by atoms with Gasteiger partial charge in [0.25, 0.3) is 0 Å². The standard InChI is InChI=1S/C24H27NO4/c1-4-17-7-6-8-18(5-2)23(17)25-14-20(13-22(25)27)24(28)29-15-21(26)19-11-9-16(3)10-12-19/h6-12,20H,4-5,13-15H2,1-3H3/t20-/m1/s1. The zero-order chi connectivity index (χ0) is 21.0. The van der Waals surface area contributed by atoms with E-state index in [1.807, 2.05) is 37.3 Å². The summed E-state index contributed by atoms with van der Waals surface area (Å²) in [6, 6.07) is 13.2. The third-order valence-corrected chi connectivity index (χ3v) is 5.41. The van der Waals surface area contributed by atoms with Crippen molar-refractivity contribution in [1.82, 2.24) is 0 Å². The van der Waals surface area contributed by atoms with E-state index < -0.39 is 11.9 Å². The van der Waals surface area contributed by atoms with Crippen LogP contribution in [0.15, 0.2) is 42.5 Å². The molecule has 0 spiro atoms. The fourth-order valence-electron chi connectivity index (χ4n) is 3.72. The zero-order valence-electron chi connectivity index (χ0n) is 17.2. The Hall–Kier alpha value is -2.95. The second kappa shape index (κ2) is 9.03. The normalized spacial score (nSPS) is 16.2. The highest BCUT2D eigenvalue weighted by Crippen LogP contribution is 2.32. The van der Waals surface area contributed by atoms with E-state index in [-0.39, 0.29) is 24.7 Å². The molecule has 5 nitrogen and oxygen atoms in total. The molecule has 2 aromatic carbocycles. The van der Waals surface area contributed by atoms with Crippen LogP contribution in [0.2, 0.25) is 0 Å². The first-order chi connectivity index (χ1) is 13.9. The lowest BCUT2D eigenvalue weighted by molar-refractivity contribution is -0.147. The molecule has 29 heavy (non-hydrogen) atoms. The maximum atomic E-state index is 12.7. The largest absolute Gasteiger partial charge is 0.457 e. The molecule has 1 heterocycles. The van der Waals surface area contributed by atoms with Gasteiger partial charge in [-0.25, -0.2) is 0 Å². The highest BCUT2D eigenvalue weighted by molar-refractivity contribution is 6.01. The molecule has 0 unspecified atom stereocenters. The number of esters is 1. The van der Waals surface area contributed by atoms with Crippen LogP contribution >= 0.6 is 0 Å². The van der Waals surface area contributed by atoms with Crippen LogP contribution in [0.1, 0.15) is 47.3 Å². The lowest BCUT2D eigenvalue weighted by Gasteiger charge is -2.23. The summed E-state index contributed by atoms with van der Waals surface area (Å²) in [4.78, 5) is 39.1. The quantitative estimate of drug-likeness (QED) is 0.529. The number of Topliss-reactive ketones (excluding diaryl/α,β-unsaturated/α-hetero) is 1. The van der Waals surface area contributed by atoms with Crippen molar-refractivity contribution in [3.8, 4) is 0 Å². The molecule has 1 amide bonds. The molecule has 1 aliphatic rings. The number of anilines is 1. The molecule has 1 fully saturated rings. The number of ether oxygens (including phenoxy) is 1. The molecular formula is C24H27NO4. The number of para-hydroxylation sites is 1. The summed E-state index contributed by atoms with van der Waals surface area (Å²) in [7, 11) is 0. The summed E-state index contributed by atoms with van der Waals surface area (Å²) in [6.07, 6.45) is 1.74. The number of hydrogen-bond donors (Lipinski definition) is 0. The van der Waals surface area contributed by atoms with Gasteiger partial charge in [0.2, 0.25) is 5.91 Å². The van der Waals surface area contributed by atoms with Gasteiger partial charge in [-0.2, -0.15) is 0 Å². The highest BCUT2D eigenvalue weighted by Gasteiger charge is 2.37. The molecule has 1 aliphatic heterocycles. The first kappa shape index (κ1) is 20.8. The van der Waals surface area contributed by atoms with E-state index in [4.69, 9.17) is 4.74 Å². The number of carbonyl (C=O) groups is 3. The number of rotatable bonds is 7. The number of amides is 1. The Balaban J connectivity index is 1.66. The van der Waals surface area contributed by atoms with E-state index in [2.05, 4.69) is 13.8 Å². The van der Waals surface area contributed by atoms with Gasteiger partial charge in [-0.15, -0.1) is 0 Å². The Labute approximate surface area is 171 Å². The predicted octanol–water partition coefficient (Wildman–Crippen LogP) is 3.90. The van der Waals surface area contributed by atoms with E-state index >= 15 is 0 Å². The van der Waals surface area contributed by atoms with Crippen molar-refractivity contribution in [2.45, 2.75) is 40.0 Å². The Kier molecular flexibility index (Phi) is 6.47. The molecule has 2 aromatic rings. The topological polar surface area (TPSA) is 63.7 Å². The summed E-state index contributed by atoms with van der Waals surface area (Å²) in [5, 5.41) is 0. The molecule has 0 N–H and O–H groups in total. The van der Waals surface area contributed by atoms with Crippen molar-refractivity contribution in [3.05, 3.63) is 64.7 Å². The van der Waals surface area contributed by atoms with Gasteiger partial charge in [-0.1, -0.05) is 61.9 Å². The predicted molar refractivity (Wildman–Crippen MR) is 112 cm³/mol. The molecule has 3 rings (SSSR count). The maximum absolute atomic E-state index is 12.7. The second-order valence-corrected chi connectivity index (χ2v) is 7.43. The summed E-state index contributed by atoms with van der Waals surface area (Å²) >= 11 is 0. The average Bonchev–Trinajstić information content (AvgIpc) is 3.12. The van der Waals surface area contributed by atoms with Crippen LogP contribution in [-0.4, -0.2) is 30.8 Å². The van der Waals surface area contributed by atoms with Crippen LogP contribution in [0, 0.1) is 12.8 Å². The summed E-state index contributed by atoms with van der Waals surface area (Å²) < 4.78 is 5.25. The van der Waals surface area contributed by atoms with E-state index in [0.29, 0.717) is 12.1 Å². The second-order valence-electron chi connectivity index (χ2n) is 7.43. The van der Waals surface area contributed by atoms with E-state index in [9.17, 15) is 14.4 Å². The highest BCUT2D eigenvalue weighted by atomic mass is 16.5. The van der Waals surface area contributed by atoms with Crippen LogP contribution in [0.4, 0.5) is 5.69 Å². The number of carbonyl (C=O) groups excluding carboxylic acids is 3. The van der Waals surface area contributed by atoms with E-state index in [1.165, 1.54) is 0 Å². The SMILES string of the molecule is CCc1cccc(CC)c1N1C[C@H](C(=O)OCC(=O)c2ccc(C)cc2)CC1=O. The van der Waals surface area contributed by atoms with Crippen molar-refractivity contribution in [2.24, 2.45) is 5.92 Å². The molecule has 0 aromatic heterocycles. The average molecular weight is 393 g/mol. The molecule has 5 heteroatoms. The van der Waals surface area contributed by atoms with Gasteiger partial charge in [0.1, 0.15) is 0 Å². The van der Waals surface area contributed by atoms with Crippen molar-refractivity contribution in [1.29, 1.82) is 0 Å². The monoisotopic (exact) mass is 393 g/mol. The third kappa shape index (κ3) is 4.56. The van der Waals surface area contributed by atoms with Gasteiger partial charge in [0.15, 0.2) is 12.4 Å². The van der Waals surface area contributed by atoms with Crippen LogP contribution in [0.25, 0.3) is 0 Å². The van der Waals surface area contributed by atoms with Gasteiger partial charge in [-0.05, 0) is 30.9 Å².